The van der Waals surface area contributed by atoms with Gasteiger partial charge >= 0.3 is 0 Å². The van der Waals surface area contributed by atoms with E-state index in [0.29, 0.717) is 73.4 Å². The normalized spacial score (nSPS) is 14.7. The Morgan fingerprint density at radius 3 is 1.59 bits per heavy atom. The fourth-order valence-electron chi connectivity index (χ4n) is 7.37. The maximum atomic E-state index is 13.8. The van der Waals surface area contributed by atoms with Gasteiger partial charge in [-0.05, 0) is 71.3 Å². The van der Waals surface area contributed by atoms with Gasteiger partial charge in [0.15, 0.2) is 23.1 Å². The van der Waals surface area contributed by atoms with E-state index in [1.807, 2.05) is 23.1 Å². The summed E-state index contributed by atoms with van der Waals surface area (Å²) in [6.45, 7) is 0.455. The predicted molar refractivity (Wildman–Crippen MR) is 253 cm³/mol. The molecule has 6 heterocycles. The minimum atomic E-state index is -0.644. The Bertz CT molecular complexity index is 3090. The second-order valence-electron chi connectivity index (χ2n) is 15.1. The summed E-state index contributed by atoms with van der Waals surface area (Å²) in [6.07, 6.45) is 9.63. The standard InChI is InChI=1S/C23H19ClF2N6O2.C13H10ClF2N3O.C10H10ClN3O/c1-31-18(13-5-14(25)7-15(26)6-13)11-34-20-9-27-23(30-22(20)31)29-16-3-4-17(19(8-16)33-2)32-10-21(24)28-12-32;1-19-10(7-2-8(15)4-9(16)3-7)6-20-11-5-17-13(14)18-12(11)19;1-15-9-4-7(12)2-3-8(9)14-5-10(11)13-6-14/h3-10,12,18H,11H2,1-2H3,(H,27,29,30);2-5,10H,6H2,1H3;2-6H,12H2,1H3. The van der Waals surface area contributed by atoms with E-state index in [-0.39, 0.29) is 24.5 Å². The molecule has 69 heavy (non-hydrogen) atoms. The summed E-state index contributed by atoms with van der Waals surface area (Å²) in [6, 6.07) is 16.9. The zero-order valence-electron chi connectivity index (χ0n) is 36.8. The summed E-state index contributed by atoms with van der Waals surface area (Å²) in [5.74, 6) is 1.01. The molecule has 2 aliphatic heterocycles. The molecule has 2 atom stereocenters. The van der Waals surface area contributed by atoms with E-state index in [4.69, 9.17) is 59.5 Å². The molecule has 10 rings (SSSR count). The van der Waals surface area contributed by atoms with Gasteiger partial charge in [0, 0.05) is 62.1 Å². The molecule has 0 fully saturated rings. The molecule has 0 amide bonds. The SMILES string of the molecule is CN1c2nc(Cl)ncc2OCC1c1cc(F)cc(F)c1.COc1cc(N)ccc1-n1cnc(Cl)c1.COc1cc(Nc2ncc3c(n2)N(C)C(c2cc(F)cc(F)c2)CO3)ccc1-n1cnc(Cl)c1. The second kappa shape index (κ2) is 20.8. The minimum Gasteiger partial charge on any atom is -0.494 e. The number of nitrogens with zero attached hydrogens (tertiary/aromatic N) is 10. The second-order valence-corrected chi connectivity index (χ2v) is 16.3. The smallest absolute Gasteiger partial charge is 0.229 e. The zero-order chi connectivity index (χ0) is 48.9. The van der Waals surface area contributed by atoms with Gasteiger partial charge in [0.05, 0.1) is 50.1 Å². The number of likely N-dealkylation sites (N-methyl/N-ethyl adjacent to an activating group) is 2. The minimum absolute atomic E-state index is 0.0882. The third-order valence-corrected chi connectivity index (χ3v) is 11.2. The average molecular weight is 1010 g/mol. The quantitative estimate of drug-likeness (QED) is 0.0838. The van der Waals surface area contributed by atoms with Crippen LogP contribution in [0.4, 0.5) is 46.5 Å². The Kier molecular flexibility index (Phi) is 14.4. The van der Waals surface area contributed by atoms with Crippen LogP contribution in [-0.4, -0.2) is 80.6 Å². The van der Waals surface area contributed by atoms with Gasteiger partial charge in [-0.2, -0.15) is 9.97 Å². The van der Waals surface area contributed by atoms with Crippen molar-refractivity contribution >= 4 is 63.8 Å². The monoisotopic (exact) mass is 1000 g/mol. The highest BCUT2D eigenvalue weighted by molar-refractivity contribution is 6.29. The molecule has 0 saturated heterocycles. The van der Waals surface area contributed by atoms with Crippen LogP contribution >= 0.6 is 34.8 Å². The number of imidazole rings is 2. The summed E-state index contributed by atoms with van der Waals surface area (Å²) in [4.78, 5) is 28.3. The number of fused-ring (bicyclic) bond motifs is 2. The fourth-order valence-corrected chi connectivity index (χ4v) is 7.80. The lowest BCUT2D eigenvalue weighted by Crippen LogP contribution is -2.34. The van der Waals surface area contributed by atoms with Gasteiger partial charge < -0.3 is 48.9 Å². The van der Waals surface area contributed by atoms with Crippen molar-refractivity contribution in [3.8, 4) is 34.4 Å². The third kappa shape index (κ3) is 11.1. The largest absolute Gasteiger partial charge is 0.494 e. The number of halogens is 7. The summed E-state index contributed by atoms with van der Waals surface area (Å²) in [5.41, 5.74) is 9.55. The maximum Gasteiger partial charge on any atom is 0.229 e. The van der Waals surface area contributed by atoms with Crippen molar-refractivity contribution in [3.63, 3.8) is 0 Å². The van der Waals surface area contributed by atoms with Crippen molar-refractivity contribution in [2.75, 3.05) is 62.4 Å². The van der Waals surface area contributed by atoms with Crippen LogP contribution in [-0.2, 0) is 0 Å². The summed E-state index contributed by atoms with van der Waals surface area (Å²) < 4.78 is 79.7. The number of rotatable bonds is 8. The highest BCUT2D eigenvalue weighted by Crippen LogP contribution is 2.39. The van der Waals surface area contributed by atoms with E-state index < -0.39 is 29.3 Å². The molecule has 8 aromatic rings. The first-order valence-corrected chi connectivity index (χ1v) is 21.6. The first-order chi connectivity index (χ1) is 33.2. The van der Waals surface area contributed by atoms with Crippen LogP contribution in [0.5, 0.6) is 23.0 Å². The van der Waals surface area contributed by atoms with E-state index in [2.05, 4.69) is 35.2 Å². The van der Waals surface area contributed by atoms with E-state index in [1.54, 1.807) is 91.8 Å². The van der Waals surface area contributed by atoms with Gasteiger partial charge in [0.1, 0.15) is 70.9 Å². The number of hydrogen-bond donors (Lipinski definition) is 2. The number of aromatic nitrogens is 8. The average Bonchev–Trinajstić information content (AvgIpc) is 3.96. The van der Waals surface area contributed by atoms with Gasteiger partial charge in [-0.1, -0.05) is 23.2 Å². The van der Waals surface area contributed by atoms with E-state index in [9.17, 15) is 17.6 Å². The molecule has 16 nitrogen and oxygen atoms in total. The summed E-state index contributed by atoms with van der Waals surface area (Å²) in [5, 5.41) is 4.05. The Labute approximate surface area is 406 Å². The number of hydrogen-bond acceptors (Lipinski definition) is 14. The molecule has 0 radical (unpaired) electrons. The van der Waals surface area contributed by atoms with Gasteiger partial charge in [0.2, 0.25) is 11.2 Å². The predicted octanol–water partition coefficient (Wildman–Crippen LogP) is 10.0. The number of nitrogen functional groups attached to an aromatic ring is 1. The van der Waals surface area contributed by atoms with E-state index >= 15 is 0 Å². The van der Waals surface area contributed by atoms with Crippen molar-refractivity contribution in [3.05, 3.63) is 160 Å². The first kappa shape index (κ1) is 47.9. The van der Waals surface area contributed by atoms with Gasteiger partial charge in [-0.15, -0.1) is 0 Å². The lowest BCUT2D eigenvalue weighted by Gasteiger charge is -2.35. The molecular formula is C46H39Cl3F4N12O4. The molecule has 23 heteroatoms. The van der Waals surface area contributed by atoms with Crippen molar-refractivity contribution in [1.82, 2.24) is 39.0 Å². The van der Waals surface area contributed by atoms with Crippen LogP contribution in [0.1, 0.15) is 23.2 Å². The highest BCUT2D eigenvalue weighted by Gasteiger charge is 2.30. The third-order valence-electron chi connectivity index (χ3n) is 10.7. The van der Waals surface area contributed by atoms with Crippen molar-refractivity contribution < 1.29 is 36.5 Å². The number of benzene rings is 4. The lowest BCUT2D eigenvalue weighted by molar-refractivity contribution is 0.264. The Hall–Kier alpha value is -7.55. The first-order valence-electron chi connectivity index (χ1n) is 20.5. The number of nitrogens with one attached hydrogen (secondary N) is 1. The Balaban J connectivity index is 0.000000155. The molecule has 0 spiro atoms. The molecule has 0 saturated carbocycles. The van der Waals surface area contributed by atoms with Gasteiger partial charge in [0.25, 0.3) is 0 Å². The summed E-state index contributed by atoms with van der Waals surface area (Å²) >= 11 is 17.4. The maximum absolute atomic E-state index is 13.8. The van der Waals surface area contributed by atoms with Crippen LogP contribution in [0.2, 0.25) is 15.6 Å². The number of anilines is 5. The molecule has 0 aliphatic carbocycles. The topological polar surface area (TPSA) is 169 Å². The molecule has 2 aliphatic rings. The molecule has 3 N–H and O–H groups in total. The van der Waals surface area contributed by atoms with Crippen LogP contribution < -0.4 is 39.8 Å². The molecule has 4 aromatic heterocycles. The van der Waals surface area contributed by atoms with Crippen LogP contribution in [0.3, 0.4) is 0 Å². The van der Waals surface area contributed by atoms with Crippen molar-refractivity contribution in [1.29, 1.82) is 0 Å². The van der Waals surface area contributed by atoms with E-state index in [1.165, 1.54) is 30.5 Å². The highest BCUT2D eigenvalue weighted by atomic mass is 35.5. The number of methoxy groups -OCH3 is 2. The van der Waals surface area contributed by atoms with Crippen molar-refractivity contribution in [2.45, 2.75) is 12.1 Å². The Morgan fingerprint density at radius 2 is 1.10 bits per heavy atom. The summed E-state index contributed by atoms with van der Waals surface area (Å²) in [7, 11) is 6.72. The van der Waals surface area contributed by atoms with Crippen molar-refractivity contribution in [2.24, 2.45) is 0 Å². The van der Waals surface area contributed by atoms with E-state index in [0.717, 1.165) is 23.5 Å². The lowest BCUT2D eigenvalue weighted by atomic mass is 10.0. The molecule has 2 unspecified atom stereocenters. The van der Waals surface area contributed by atoms with Crippen LogP contribution in [0, 0.1) is 23.3 Å². The van der Waals surface area contributed by atoms with Crippen LogP contribution in [0.15, 0.2) is 110 Å². The zero-order valence-corrected chi connectivity index (χ0v) is 39.1. The molecule has 0 bridgehead atoms. The fraction of sp³-hybridized carbons (Fsp3) is 0.174. The number of ether oxygens (including phenoxy) is 4. The molecular weight excluding hydrogens is 967 g/mol. The van der Waals surface area contributed by atoms with Crippen LogP contribution in [0.25, 0.3) is 11.4 Å². The van der Waals surface area contributed by atoms with Gasteiger partial charge in [-0.3, -0.25) is 0 Å². The molecule has 4 aromatic carbocycles. The number of nitrogens with two attached hydrogens (primary N) is 1. The molecule has 356 valence electrons. The van der Waals surface area contributed by atoms with Gasteiger partial charge in [-0.25, -0.2) is 37.5 Å². The Morgan fingerprint density at radius 1 is 0.623 bits per heavy atom.